The van der Waals surface area contributed by atoms with Gasteiger partial charge in [-0.15, -0.1) is 0 Å². The van der Waals surface area contributed by atoms with Crippen molar-refractivity contribution in [1.29, 1.82) is 0 Å². The molecule has 2 atom stereocenters. The number of imidazole rings is 1. The molecule has 5 rings (SSSR count). The number of fused-ring (bicyclic) bond motifs is 3. The van der Waals surface area contributed by atoms with Crippen LogP contribution in [0.3, 0.4) is 0 Å². The van der Waals surface area contributed by atoms with E-state index < -0.39 is 0 Å². The third kappa shape index (κ3) is 3.16. The number of rotatable bonds is 3. The molecule has 0 N–H and O–H groups in total. The molecule has 2 unspecified atom stereocenters. The Morgan fingerprint density at radius 1 is 1.18 bits per heavy atom. The minimum atomic E-state index is -0.275. The average molecular weight is 375 g/mol. The fourth-order valence-corrected chi connectivity index (χ4v) is 4.00. The highest BCUT2D eigenvalue weighted by Gasteiger charge is 2.39. The van der Waals surface area contributed by atoms with Crippen molar-refractivity contribution in [3.63, 3.8) is 0 Å². The molecule has 2 bridgehead atoms. The summed E-state index contributed by atoms with van der Waals surface area (Å²) in [5.74, 6) is 0. The number of carbonyl (C=O) groups excluding carboxylic acids is 1. The SMILES string of the molecule is O=C(OCc1ccccc1)N1C2C=C(c3ccc4nccn4c3)CC1COC2. The smallest absolute Gasteiger partial charge is 0.411 e. The maximum Gasteiger partial charge on any atom is 0.411 e. The van der Waals surface area contributed by atoms with Crippen LogP contribution in [0.1, 0.15) is 17.5 Å². The first-order valence-corrected chi connectivity index (χ1v) is 9.48. The second kappa shape index (κ2) is 7.13. The van der Waals surface area contributed by atoms with Crippen LogP contribution < -0.4 is 0 Å². The Hall–Kier alpha value is -3.12. The first-order valence-electron chi connectivity index (χ1n) is 9.48. The molecule has 0 saturated carbocycles. The molecule has 28 heavy (non-hydrogen) atoms. The van der Waals surface area contributed by atoms with Crippen molar-refractivity contribution < 1.29 is 14.3 Å². The number of aromatic nitrogens is 2. The molecule has 2 aliphatic heterocycles. The van der Waals surface area contributed by atoms with Crippen molar-refractivity contribution in [1.82, 2.24) is 14.3 Å². The summed E-state index contributed by atoms with van der Waals surface area (Å²) >= 11 is 0. The van der Waals surface area contributed by atoms with Crippen molar-refractivity contribution in [2.45, 2.75) is 25.1 Å². The number of nitrogens with zero attached hydrogens (tertiary/aromatic N) is 3. The van der Waals surface area contributed by atoms with Gasteiger partial charge < -0.3 is 13.9 Å². The zero-order chi connectivity index (χ0) is 18.9. The van der Waals surface area contributed by atoms with E-state index in [9.17, 15) is 4.79 Å². The number of morpholine rings is 1. The van der Waals surface area contributed by atoms with Crippen molar-refractivity contribution in [2.24, 2.45) is 0 Å². The molecule has 3 aromatic rings. The van der Waals surface area contributed by atoms with Gasteiger partial charge in [0.2, 0.25) is 0 Å². The van der Waals surface area contributed by atoms with Gasteiger partial charge in [0.25, 0.3) is 0 Å². The fraction of sp³-hybridized carbons (Fsp3) is 0.273. The number of ether oxygens (including phenoxy) is 2. The van der Waals surface area contributed by atoms with Crippen molar-refractivity contribution >= 4 is 17.3 Å². The fourth-order valence-electron chi connectivity index (χ4n) is 4.00. The highest BCUT2D eigenvalue weighted by Crippen LogP contribution is 2.33. The third-order valence-corrected chi connectivity index (χ3v) is 5.37. The number of pyridine rings is 1. The van der Waals surface area contributed by atoms with Gasteiger partial charge in [0, 0.05) is 18.6 Å². The Kier molecular flexibility index (Phi) is 4.33. The van der Waals surface area contributed by atoms with Gasteiger partial charge in [0.1, 0.15) is 12.3 Å². The second-order valence-corrected chi connectivity index (χ2v) is 7.21. The lowest BCUT2D eigenvalue weighted by molar-refractivity contribution is -0.0342. The predicted molar refractivity (Wildman–Crippen MR) is 105 cm³/mol. The summed E-state index contributed by atoms with van der Waals surface area (Å²) in [6.07, 6.45) is 8.44. The van der Waals surface area contributed by atoms with Gasteiger partial charge in [0.15, 0.2) is 0 Å². The molecule has 2 aromatic heterocycles. The highest BCUT2D eigenvalue weighted by atomic mass is 16.6. The molecular formula is C22H21N3O3. The van der Waals surface area contributed by atoms with Gasteiger partial charge >= 0.3 is 6.09 Å². The summed E-state index contributed by atoms with van der Waals surface area (Å²) in [5, 5.41) is 0. The van der Waals surface area contributed by atoms with E-state index in [4.69, 9.17) is 9.47 Å². The monoisotopic (exact) mass is 375 g/mol. The molecule has 0 aliphatic carbocycles. The maximum atomic E-state index is 12.8. The highest BCUT2D eigenvalue weighted by molar-refractivity contribution is 5.74. The normalized spacial score (nSPS) is 21.4. The van der Waals surface area contributed by atoms with Crippen LogP contribution in [0, 0.1) is 0 Å². The van der Waals surface area contributed by atoms with Crippen molar-refractivity contribution in [3.8, 4) is 0 Å². The Balaban J connectivity index is 1.36. The van der Waals surface area contributed by atoms with E-state index in [1.54, 1.807) is 6.20 Å². The average Bonchev–Trinajstić information content (AvgIpc) is 3.19. The topological polar surface area (TPSA) is 56.1 Å². The van der Waals surface area contributed by atoms with Crippen LogP contribution in [0.25, 0.3) is 11.2 Å². The quantitative estimate of drug-likeness (QED) is 0.703. The molecule has 142 valence electrons. The lowest BCUT2D eigenvalue weighted by atomic mass is 9.91. The molecule has 1 amide bonds. The number of benzene rings is 1. The summed E-state index contributed by atoms with van der Waals surface area (Å²) in [6, 6.07) is 13.7. The Morgan fingerprint density at radius 3 is 2.93 bits per heavy atom. The zero-order valence-electron chi connectivity index (χ0n) is 15.4. The van der Waals surface area contributed by atoms with Gasteiger partial charge in [-0.25, -0.2) is 9.78 Å². The number of amides is 1. The van der Waals surface area contributed by atoms with Gasteiger partial charge in [-0.05, 0) is 35.3 Å². The Morgan fingerprint density at radius 2 is 2.07 bits per heavy atom. The number of hydrogen-bond donors (Lipinski definition) is 0. The lowest BCUT2D eigenvalue weighted by Crippen LogP contribution is -2.56. The van der Waals surface area contributed by atoms with Crippen molar-refractivity contribution in [2.75, 3.05) is 13.2 Å². The third-order valence-electron chi connectivity index (χ3n) is 5.37. The van der Waals surface area contributed by atoms with E-state index in [2.05, 4.69) is 23.3 Å². The van der Waals surface area contributed by atoms with Crippen LogP contribution in [-0.4, -0.2) is 45.7 Å². The number of carbonyl (C=O) groups is 1. The first kappa shape index (κ1) is 17.0. The van der Waals surface area contributed by atoms with Crippen LogP contribution in [0.4, 0.5) is 4.79 Å². The molecule has 6 nitrogen and oxygen atoms in total. The van der Waals surface area contributed by atoms with E-state index in [0.717, 1.165) is 23.2 Å². The Bertz CT molecular complexity index is 1030. The number of hydrogen-bond acceptors (Lipinski definition) is 4. The van der Waals surface area contributed by atoms with Gasteiger partial charge in [0.05, 0.1) is 25.3 Å². The van der Waals surface area contributed by atoms with E-state index >= 15 is 0 Å². The Labute approximate surface area is 163 Å². The molecule has 4 heterocycles. The van der Waals surface area contributed by atoms with Gasteiger partial charge in [-0.1, -0.05) is 36.4 Å². The summed E-state index contributed by atoms with van der Waals surface area (Å²) < 4.78 is 13.3. The standard InChI is InChI=1S/C22H21N3O3/c26-22(28-13-16-4-2-1-3-5-16)25-19-10-18(11-20(25)15-27-14-19)17-6-7-21-23-8-9-24(21)12-17/h1-10,12,19-20H,11,13-15H2. The molecule has 1 fully saturated rings. The molecule has 2 aliphatic rings. The molecule has 6 heteroatoms. The summed E-state index contributed by atoms with van der Waals surface area (Å²) in [7, 11) is 0. The van der Waals surface area contributed by atoms with Crippen LogP contribution in [0.15, 0.2) is 67.1 Å². The second-order valence-electron chi connectivity index (χ2n) is 7.21. The van der Waals surface area contributed by atoms with Crippen LogP contribution in [-0.2, 0) is 16.1 Å². The van der Waals surface area contributed by atoms with Crippen LogP contribution in [0.5, 0.6) is 0 Å². The van der Waals surface area contributed by atoms with Crippen molar-refractivity contribution in [3.05, 3.63) is 78.3 Å². The minimum absolute atomic E-state index is 0.0134. The van der Waals surface area contributed by atoms with E-state index in [0.29, 0.717) is 13.2 Å². The van der Waals surface area contributed by atoms with E-state index in [-0.39, 0.29) is 24.8 Å². The minimum Gasteiger partial charge on any atom is -0.445 e. The largest absolute Gasteiger partial charge is 0.445 e. The molecule has 1 aromatic carbocycles. The zero-order valence-corrected chi connectivity index (χ0v) is 15.4. The van der Waals surface area contributed by atoms with Crippen LogP contribution in [0.2, 0.25) is 0 Å². The predicted octanol–water partition coefficient (Wildman–Crippen LogP) is 3.53. The summed E-state index contributed by atoms with van der Waals surface area (Å²) in [6.45, 7) is 1.31. The van der Waals surface area contributed by atoms with E-state index in [1.165, 1.54) is 5.57 Å². The molecule has 0 spiro atoms. The maximum absolute atomic E-state index is 12.8. The molecular weight excluding hydrogens is 354 g/mol. The summed E-state index contributed by atoms with van der Waals surface area (Å²) in [5.41, 5.74) is 4.30. The summed E-state index contributed by atoms with van der Waals surface area (Å²) in [4.78, 5) is 18.9. The van der Waals surface area contributed by atoms with E-state index in [1.807, 2.05) is 51.9 Å². The first-order chi connectivity index (χ1) is 13.8. The van der Waals surface area contributed by atoms with Gasteiger partial charge in [-0.3, -0.25) is 4.90 Å². The molecule has 0 radical (unpaired) electrons. The molecule has 1 saturated heterocycles. The van der Waals surface area contributed by atoms with Crippen LogP contribution >= 0.6 is 0 Å². The lowest BCUT2D eigenvalue weighted by Gasteiger charge is -2.43. The van der Waals surface area contributed by atoms with Gasteiger partial charge in [-0.2, -0.15) is 0 Å².